The molecule has 4 rings (SSSR count). The predicted molar refractivity (Wildman–Crippen MR) is 115 cm³/mol. The van der Waals surface area contributed by atoms with Crippen LogP contribution >= 0.6 is 0 Å². The number of hydrogen-bond donors (Lipinski definition) is 1. The summed E-state index contributed by atoms with van der Waals surface area (Å²) in [4.78, 5) is 22.1. The molecule has 1 saturated heterocycles. The summed E-state index contributed by atoms with van der Waals surface area (Å²) in [6.45, 7) is 6.83. The number of hydrogen-bond acceptors (Lipinski definition) is 7. The van der Waals surface area contributed by atoms with E-state index in [0.29, 0.717) is 31.4 Å². The van der Waals surface area contributed by atoms with E-state index in [2.05, 4.69) is 33.8 Å². The quantitative estimate of drug-likeness (QED) is 0.707. The predicted octanol–water partition coefficient (Wildman–Crippen LogP) is 2.06. The van der Waals surface area contributed by atoms with Crippen molar-refractivity contribution in [3.63, 3.8) is 0 Å². The third kappa shape index (κ3) is 4.42. The number of nitrogens with zero attached hydrogens (tertiary/aromatic N) is 5. The van der Waals surface area contributed by atoms with Gasteiger partial charge in [-0.15, -0.1) is 0 Å². The minimum Gasteiger partial charge on any atom is -0.477 e. The molecule has 0 bridgehead atoms. The Kier molecular flexibility index (Phi) is 5.92. The van der Waals surface area contributed by atoms with Gasteiger partial charge >= 0.3 is 0 Å². The van der Waals surface area contributed by atoms with Crippen molar-refractivity contribution in [3.8, 4) is 5.88 Å². The Balaban J connectivity index is 1.40. The van der Waals surface area contributed by atoms with Crippen LogP contribution in [0.5, 0.6) is 5.88 Å². The van der Waals surface area contributed by atoms with Gasteiger partial charge in [0.25, 0.3) is 0 Å². The maximum atomic E-state index is 11.8. The normalized spacial score (nSPS) is 20.5. The second kappa shape index (κ2) is 8.94. The van der Waals surface area contributed by atoms with Crippen LogP contribution in [-0.2, 0) is 11.3 Å². The molecule has 2 aromatic rings. The monoisotopic (exact) mass is 406 g/mol. The number of carbonyl (C=O) groups excluding carboxylic acids is 1. The third-order valence-electron chi connectivity index (χ3n) is 5.50. The van der Waals surface area contributed by atoms with E-state index in [-0.39, 0.29) is 17.7 Å². The Bertz CT molecular complexity index is 932. The van der Waals surface area contributed by atoms with Crippen LogP contribution < -0.4 is 10.5 Å². The van der Waals surface area contributed by atoms with Gasteiger partial charge in [-0.3, -0.25) is 9.80 Å². The van der Waals surface area contributed by atoms with E-state index in [0.717, 1.165) is 25.1 Å². The van der Waals surface area contributed by atoms with Crippen molar-refractivity contribution in [3.05, 3.63) is 60.4 Å². The van der Waals surface area contributed by atoms with Crippen LogP contribution in [0.4, 0.5) is 5.82 Å². The maximum Gasteiger partial charge on any atom is 0.245 e. The number of rotatable bonds is 7. The molecule has 2 aliphatic heterocycles. The highest BCUT2D eigenvalue weighted by atomic mass is 16.5. The second-order valence-electron chi connectivity index (χ2n) is 7.64. The molecule has 3 heterocycles. The number of carbonyl (C=O) groups is 1. The molecule has 8 nitrogen and oxygen atoms in total. The second-order valence-corrected chi connectivity index (χ2v) is 7.64. The summed E-state index contributed by atoms with van der Waals surface area (Å²) in [5.41, 5.74) is 8.16. The van der Waals surface area contributed by atoms with Crippen LogP contribution in [0, 0.1) is 5.92 Å². The summed E-state index contributed by atoms with van der Waals surface area (Å²) >= 11 is 0. The number of hydrazone groups is 1. The van der Waals surface area contributed by atoms with Gasteiger partial charge in [0.1, 0.15) is 12.1 Å². The number of nitrogens with two attached hydrogens (primary N) is 1. The first-order valence-corrected chi connectivity index (χ1v) is 10.1. The van der Waals surface area contributed by atoms with Crippen molar-refractivity contribution in [1.29, 1.82) is 0 Å². The Labute approximate surface area is 176 Å². The van der Waals surface area contributed by atoms with E-state index < -0.39 is 0 Å². The van der Waals surface area contributed by atoms with Crippen LogP contribution in [0.2, 0.25) is 0 Å². The SMILES string of the molecule is C=CC(=O)N1CC[C@@H](COc2ncnc(N)c2C2C=NN(Cc3ccccc3)C2)C1. The fourth-order valence-electron chi connectivity index (χ4n) is 3.91. The first-order chi connectivity index (χ1) is 14.6. The molecule has 0 aliphatic carbocycles. The Morgan fingerprint density at radius 3 is 2.90 bits per heavy atom. The lowest BCUT2D eigenvalue weighted by molar-refractivity contribution is -0.125. The minimum absolute atomic E-state index is 0.0349. The molecule has 1 aromatic heterocycles. The summed E-state index contributed by atoms with van der Waals surface area (Å²) in [6.07, 6.45) is 5.55. The number of amides is 1. The molecule has 156 valence electrons. The van der Waals surface area contributed by atoms with Crippen LogP contribution in [0.3, 0.4) is 0 Å². The van der Waals surface area contributed by atoms with Gasteiger partial charge in [0, 0.05) is 37.7 Å². The summed E-state index contributed by atoms with van der Waals surface area (Å²) in [5.74, 6) is 1.09. The first-order valence-electron chi connectivity index (χ1n) is 10.1. The number of likely N-dealkylation sites (tertiary alicyclic amines) is 1. The van der Waals surface area contributed by atoms with Gasteiger partial charge in [0.2, 0.25) is 11.8 Å². The lowest BCUT2D eigenvalue weighted by Gasteiger charge is -2.19. The molecule has 2 atom stereocenters. The molecule has 1 amide bonds. The molecular weight excluding hydrogens is 380 g/mol. The largest absolute Gasteiger partial charge is 0.477 e. The number of ether oxygens (including phenoxy) is 1. The van der Waals surface area contributed by atoms with Gasteiger partial charge < -0.3 is 15.4 Å². The number of nitrogen functional groups attached to an aromatic ring is 1. The van der Waals surface area contributed by atoms with Gasteiger partial charge in [0.05, 0.1) is 18.7 Å². The fraction of sp³-hybridized carbons (Fsp3) is 0.364. The minimum atomic E-state index is -0.0369. The molecule has 0 spiro atoms. The molecule has 2 N–H and O–H groups in total. The molecule has 0 radical (unpaired) electrons. The Morgan fingerprint density at radius 2 is 2.10 bits per heavy atom. The highest BCUT2D eigenvalue weighted by Gasteiger charge is 2.29. The first kappa shape index (κ1) is 19.9. The van der Waals surface area contributed by atoms with Gasteiger partial charge in [-0.1, -0.05) is 36.9 Å². The third-order valence-corrected chi connectivity index (χ3v) is 5.50. The standard InChI is InChI=1S/C22H26N6O2/c1-2-19(29)27-9-8-17(11-27)14-30-22-20(21(23)24-15-25-22)18-10-26-28(13-18)12-16-6-4-3-5-7-16/h2-7,10,15,17-18H,1,8-9,11-14H2,(H2,23,24,25)/t17-,18?/m1/s1. The molecule has 1 aromatic carbocycles. The van der Waals surface area contributed by atoms with Crippen molar-refractivity contribution in [1.82, 2.24) is 19.9 Å². The van der Waals surface area contributed by atoms with E-state index in [1.54, 1.807) is 4.90 Å². The zero-order chi connectivity index (χ0) is 20.9. The van der Waals surface area contributed by atoms with Gasteiger partial charge in [-0.05, 0) is 18.1 Å². The van der Waals surface area contributed by atoms with E-state index >= 15 is 0 Å². The Hall–Kier alpha value is -3.42. The molecule has 1 unspecified atom stereocenters. The number of benzene rings is 1. The van der Waals surface area contributed by atoms with Gasteiger partial charge in [0.15, 0.2) is 0 Å². The van der Waals surface area contributed by atoms with Gasteiger partial charge in [-0.2, -0.15) is 5.10 Å². The van der Waals surface area contributed by atoms with Gasteiger partial charge in [-0.25, -0.2) is 9.97 Å². The number of aromatic nitrogens is 2. The zero-order valence-electron chi connectivity index (χ0n) is 16.9. The van der Waals surface area contributed by atoms with Crippen molar-refractivity contribution in [2.75, 3.05) is 32.0 Å². The van der Waals surface area contributed by atoms with E-state index in [9.17, 15) is 4.79 Å². The molecule has 0 saturated carbocycles. The maximum absolute atomic E-state index is 11.8. The summed E-state index contributed by atoms with van der Waals surface area (Å²) < 4.78 is 6.05. The molecule has 8 heteroatoms. The highest BCUT2D eigenvalue weighted by molar-refractivity contribution is 5.87. The molecule has 30 heavy (non-hydrogen) atoms. The van der Waals surface area contributed by atoms with Crippen LogP contribution in [0.15, 0.2) is 54.4 Å². The van der Waals surface area contributed by atoms with Crippen LogP contribution in [0.25, 0.3) is 0 Å². The molecule has 1 fully saturated rings. The van der Waals surface area contributed by atoms with Crippen molar-refractivity contribution in [2.24, 2.45) is 11.0 Å². The van der Waals surface area contributed by atoms with E-state index in [4.69, 9.17) is 10.5 Å². The number of anilines is 1. The summed E-state index contributed by atoms with van der Waals surface area (Å²) in [7, 11) is 0. The molecular formula is C22H26N6O2. The highest BCUT2D eigenvalue weighted by Crippen LogP contribution is 2.32. The van der Waals surface area contributed by atoms with Crippen LogP contribution in [0.1, 0.15) is 23.5 Å². The van der Waals surface area contributed by atoms with E-state index in [1.165, 1.54) is 18.0 Å². The Morgan fingerprint density at radius 1 is 1.27 bits per heavy atom. The zero-order valence-corrected chi connectivity index (χ0v) is 16.9. The topological polar surface area (TPSA) is 96.9 Å². The lowest BCUT2D eigenvalue weighted by Crippen LogP contribution is -2.27. The summed E-state index contributed by atoms with van der Waals surface area (Å²) in [6, 6.07) is 10.2. The van der Waals surface area contributed by atoms with Crippen molar-refractivity contribution >= 4 is 17.9 Å². The van der Waals surface area contributed by atoms with Crippen molar-refractivity contribution < 1.29 is 9.53 Å². The van der Waals surface area contributed by atoms with Crippen molar-refractivity contribution in [2.45, 2.75) is 18.9 Å². The fourth-order valence-corrected chi connectivity index (χ4v) is 3.91. The smallest absolute Gasteiger partial charge is 0.245 e. The molecule has 2 aliphatic rings. The average Bonchev–Trinajstić information content (AvgIpc) is 3.42. The van der Waals surface area contributed by atoms with Crippen LogP contribution in [-0.4, -0.2) is 58.2 Å². The summed E-state index contributed by atoms with van der Waals surface area (Å²) in [5, 5.41) is 6.54. The van der Waals surface area contributed by atoms with E-state index in [1.807, 2.05) is 29.4 Å². The lowest BCUT2D eigenvalue weighted by atomic mass is 10.0. The average molecular weight is 406 g/mol.